The van der Waals surface area contributed by atoms with Crippen molar-refractivity contribution in [1.29, 1.82) is 0 Å². The number of carboxylic acid groups (broad SMARTS) is 1. The zero-order valence-electron chi connectivity index (χ0n) is 10.3. The van der Waals surface area contributed by atoms with E-state index >= 15 is 0 Å². The normalized spacial score (nSPS) is 11.7. The van der Waals surface area contributed by atoms with E-state index in [1.807, 2.05) is 6.92 Å². The summed E-state index contributed by atoms with van der Waals surface area (Å²) in [6.45, 7) is 6.80. The molecule has 3 nitrogen and oxygen atoms in total. The zero-order valence-corrected chi connectivity index (χ0v) is 10.3. The molecule has 84 valence electrons. The van der Waals surface area contributed by atoms with Crippen LogP contribution in [0.2, 0.25) is 0 Å². The summed E-state index contributed by atoms with van der Waals surface area (Å²) in [6.07, 6.45) is 2.37. The molecule has 0 unspecified atom stereocenters. The Kier molecular flexibility index (Phi) is 8.44. The third-order valence-electron chi connectivity index (χ3n) is 1.78. The van der Waals surface area contributed by atoms with Gasteiger partial charge in [-0.15, -0.1) is 0 Å². The SMILES string of the molecule is CCC=C(C)C(=O)[O-].CC[N+](C)(C)C. The predicted octanol–water partition coefficient (Wildman–Crippen LogP) is 0.805. The molecule has 0 spiro atoms. The third-order valence-corrected chi connectivity index (χ3v) is 1.78. The first-order valence-corrected chi connectivity index (χ1v) is 4.93. The Balaban J connectivity index is 0. The maximum absolute atomic E-state index is 9.91. The van der Waals surface area contributed by atoms with E-state index in [1.54, 1.807) is 6.08 Å². The van der Waals surface area contributed by atoms with Gasteiger partial charge < -0.3 is 14.4 Å². The van der Waals surface area contributed by atoms with Gasteiger partial charge in [-0.05, 0) is 25.8 Å². The number of aliphatic carboxylic acids is 1. The smallest absolute Gasteiger partial charge is 0.0751 e. The second kappa shape index (κ2) is 7.56. The molecular formula is C11H23NO2. The standard InChI is InChI=1S/C6H10O2.C5H14N/c1-3-4-5(2)6(7)8;1-5-6(2,3)4/h4H,3H2,1-2H3,(H,7,8);5H2,1-4H3/q;+1/p-1. The Morgan fingerprint density at radius 3 is 1.71 bits per heavy atom. The molecule has 0 aliphatic heterocycles. The topological polar surface area (TPSA) is 40.1 Å². The summed E-state index contributed by atoms with van der Waals surface area (Å²) < 4.78 is 1.07. The molecule has 0 N–H and O–H groups in total. The summed E-state index contributed by atoms with van der Waals surface area (Å²) in [5, 5.41) is 9.91. The van der Waals surface area contributed by atoms with Gasteiger partial charge in [-0.1, -0.05) is 13.0 Å². The van der Waals surface area contributed by atoms with E-state index in [4.69, 9.17) is 0 Å². The van der Waals surface area contributed by atoms with Crippen LogP contribution in [0.15, 0.2) is 11.6 Å². The maximum atomic E-state index is 9.91. The van der Waals surface area contributed by atoms with Crippen LogP contribution in [0.3, 0.4) is 0 Å². The largest absolute Gasteiger partial charge is 0.545 e. The highest BCUT2D eigenvalue weighted by molar-refractivity contribution is 5.83. The lowest BCUT2D eigenvalue weighted by atomic mass is 10.2. The number of carbonyl (C=O) groups excluding carboxylic acids is 1. The number of nitrogens with zero attached hydrogens (tertiary/aromatic N) is 1. The van der Waals surface area contributed by atoms with Crippen molar-refractivity contribution in [3.63, 3.8) is 0 Å². The van der Waals surface area contributed by atoms with Crippen molar-refractivity contribution < 1.29 is 14.4 Å². The fraction of sp³-hybridized carbons (Fsp3) is 0.727. The van der Waals surface area contributed by atoms with Crippen LogP contribution in [-0.4, -0.2) is 38.1 Å². The molecule has 3 heteroatoms. The molecule has 14 heavy (non-hydrogen) atoms. The fourth-order valence-electron chi connectivity index (χ4n) is 0.390. The zero-order chi connectivity index (χ0) is 11.8. The minimum Gasteiger partial charge on any atom is -0.545 e. The van der Waals surface area contributed by atoms with Crippen molar-refractivity contribution in [2.24, 2.45) is 0 Å². The Hall–Kier alpha value is -0.830. The molecule has 0 aliphatic rings. The van der Waals surface area contributed by atoms with Crippen molar-refractivity contribution in [1.82, 2.24) is 0 Å². The summed E-state index contributed by atoms with van der Waals surface area (Å²) in [7, 11) is 6.54. The molecule has 0 bridgehead atoms. The molecule has 0 aromatic heterocycles. The van der Waals surface area contributed by atoms with E-state index in [0.717, 1.165) is 10.9 Å². The first-order chi connectivity index (χ1) is 6.24. The Bertz CT molecular complexity index is 190. The first kappa shape index (κ1) is 15.6. The summed E-state index contributed by atoms with van der Waals surface area (Å²) in [6, 6.07) is 0. The van der Waals surface area contributed by atoms with E-state index in [-0.39, 0.29) is 0 Å². The average Bonchev–Trinajstić information content (AvgIpc) is 2.04. The van der Waals surface area contributed by atoms with Gasteiger partial charge in [0, 0.05) is 0 Å². The monoisotopic (exact) mass is 201 g/mol. The van der Waals surface area contributed by atoms with Crippen LogP contribution >= 0.6 is 0 Å². The molecule has 0 saturated carbocycles. The van der Waals surface area contributed by atoms with Crippen LogP contribution in [-0.2, 0) is 4.79 Å². The number of rotatable bonds is 3. The van der Waals surface area contributed by atoms with Gasteiger partial charge >= 0.3 is 0 Å². The molecule has 0 fully saturated rings. The number of allylic oxidation sites excluding steroid dienone is 1. The number of hydrogen-bond acceptors (Lipinski definition) is 2. The van der Waals surface area contributed by atoms with Crippen molar-refractivity contribution in [2.45, 2.75) is 27.2 Å². The van der Waals surface area contributed by atoms with Crippen LogP contribution < -0.4 is 5.11 Å². The highest BCUT2D eigenvalue weighted by atomic mass is 16.4. The molecule has 0 amide bonds. The molecule has 0 aromatic rings. The van der Waals surface area contributed by atoms with E-state index in [9.17, 15) is 9.90 Å². The van der Waals surface area contributed by atoms with Crippen LogP contribution in [0.25, 0.3) is 0 Å². The number of hydrogen-bond donors (Lipinski definition) is 0. The minimum absolute atomic E-state index is 0.313. The van der Waals surface area contributed by atoms with Gasteiger partial charge in [-0.25, -0.2) is 0 Å². The van der Waals surface area contributed by atoms with Crippen molar-refractivity contribution >= 4 is 5.97 Å². The lowest BCUT2D eigenvalue weighted by Gasteiger charge is -2.20. The maximum Gasteiger partial charge on any atom is 0.0751 e. The molecule has 0 atom stereocenters. The molecule has 0 radical (unpaired) electrons. The predicted molar refractivity (Wildman–Crippen MR) is 57.6 cm³/mol. The quantitative estimate of drug-likeness (QED) is 0.500. The van der Waals surface area contributed by atoms with Crippen molar-refractivity contribution in [3.8, 4) is 0 Å². The van der Waals surface area contributed by atoms with Gasteiger partial charge in [0.2, 0.25) is 0 Å². The number of carboxylic acids is 1. The summed E-state index contributed by atoms with van der Waals surface area (Å²) in [5.41, 5.74) is 0.313. The van der Waals surface area contributed by atoms with Crippen molar-refractivity contribution in [2.75, 3.05) is 27.7 Å². The van der Waals surface area contributed by atoms with E-state index in [0.29, 0.717) is 5.57 Å². The van der Waals surface area contributed by atoms with Crippen LogP contribution in [0, 0.1) is 0 Å². The van der Waals surface area contributed by atoms with Gasteiger partial charge in [-0.3, -0.25) is 0 Å². The average molecular weight is 201 g/mol. The van der Waals surface area contributed by atoms with E-state index < -0.39 is 5.97 Å². The van der Waals surface area contributed by atoms with Gasteiger partial charge in [0.1, 0.15) is 0 Å². The Morgan fingerprint density at radius 1 is 1.29 bits per heavy atom. The van der Waals surface area contributed by atoms with Gasteiger partial charge in [0.05, 0.1) is 33.7 Å². The molecule has 0 aliphatic carbocycles. The lowest BCUT2D eigenvalue weighted by molar-refractivity contribution is -0.868. The van der Waals surface area contributed by atoms with Gasteiger partial charge in [0.25, 0.3) is 0 Å². The van der Waals surface area contributed by atoms with Crippen LogP contribution in [0.4, 0.5) is 0 Å². The summed E-state index contributed by atoms with van der Waals surface area (Å²) in [5.74, 6) is -1.08. The van der Waals surface area contributed by atoms with Crippen molar-refractivity contribution in [3.05, 3.63) is 11.6 Å². The second-order valence-corrected chi connectivity index (χ2v) is 4.19. The Labute approximate surface area is 87.6 Å². The summed E-state index contributed by atoms with van der Waals surface area (Å²) >= 11 is 0. The molecule has 0 heterocycles. The molecule has 0 saturated heterocycles. The molecule has 0 rings (SSSR count). The molecule has 0 aromatic carbocycles. The first-order valence-electron chi connectivity index (χ1n) is 4.93. The van der Waals surface area contributed by atoms with E-state index in [1.165, 1.54) is 13.5 Å². The third kappa shape index (κ3) is 13.7. The second-order valence-electron chi connectivity index (χ2n) is 4.19. The highest BCUT2D eigenvalue weighted by Gasteiger charge is 1.97. The van der Waals surface area contributed by atoms with Crippen LogP contribution in [0.5, 0.6) is 0 Å². The van der Waals surface area contributed by atoms with E-state index in [2.05, 4.69) is 28.1 Å². The fourth-order valence-corrected chi connectivity index (χ4v) is 0.390. The lowest BCUT2D eigenvalue weighted by Crippen LogP contribution is -2.33. The Morgan fingerprint density at radius 2 is 1.64 bits per heavy atom. The highest BCUT2D eigenvalue weighted by Crippen LogP contribution is 1.90. The van der Waals surface area contributed by atoms with Gasteiger partial charge in [-0.2, -0.15) is 0 Å². The van der Waals surface area contributed by atoms with Crippen LogP contribution in [0.1, 0.15) is 27.2 Å². The number of carbonyl (C=O) groups is 1. The number of quaternary nitrogens is 1. The molecular weight excluding hydrogens is 178 g/mol. The van der Waals surface area contributed by atoms with Gasteiger partial charge in [0.15, 0.2) is 0 Å². The minimum atomic E-state index is -1.08. The summed E-state index contributed by atoms with van der Waals surface area (Å²) in [4.78, 5) is 9.91.